The van der Waals surface area contributed by atoms with Crippen molar-refractivity contribution in [2.75, 3.05) is 13.1 Å². The second kappa shape index (κ2) is 8.50. The van der Waals surface area contributed by atoms with E-state index in [1.807, 2.05) is 38.1 Å². The summed E-state index contributed by atoms with van der Waals surface area (Å²) in [5, 5.41) is 1.10. The van der Waals surface area contributed by atoms with Crippen LogP contribution in [0.2, 0.25) is 0 Å². The summed E-state index contributed by atoms with van der Waals surface area (Å²) in [4.78, 5) is 15.4. The number of rotatable bonds is 5. The summed E-state index contributed by atoms with van der Waals surface area (Å²) in [7, 11) is 0. The summed E-state index contributed by atoms with van der Waals surface area (Å²) in [6.07, 6.45) is -0.307. The van der Waals surface area contributed by atoms with E-state index in [1.54, 1.807) is 16.2 Å². The van der Waals surface area contributed by atoms with Gasteiger partial charge in [-0.3, -0.25) is 0 Å². The lowest BCUT2D eigenvalue weighted by atomic mass is 9.99. The fourth-order valence-corrected chi connectivity index (χ4v) is 4.78. The molecule has 0 radical (unpaired) electrons. The highest BCUT2D eigenvalue weighted by molar-refractivity contribution is 7.23. The Kier molecular flexibility index (Phi) is 5.63. The minimum Gasteiger partial charge on any atom is -0.409 e. The van der Waals surface area contributed by atoms with Gasteiger partial charge in [0.05, 0.1) is 4.70 Å². The van der Waals surface area contributed by atoms with Crippen LogP contribution < -0.4 is 4.74 Å². The van der Waals surface area contributed by atoms with Crippen molar-refractivity contribution in [3.63, 3.8) is 0 Å². The zero-order valence-electron chi connectivity index (χ0n) is 16.6. The minimum absolute atomic E-state index is 0.307. The lowest BCUT2D eigenvalue weighted by Crippen LogP contribution is -2.33. The molecule has 4 heteroatoms. The van der Waals surface area contributed by atoms with Crippen molar-refractivity contribution >= 4 is 27.5 Å². The predicted octanol–water partition coefficient (Wildman–Crippen LogP) is 7.08. The van der Waals surface area contributed by atoms with E-state index in [9.17, 15) is 4.79 Å². The largest absolute Gasteiger partial charge is 0.415 e. The average molecular weight is 402 g/mol. The third-order valence-electron chi connectivity index (χ3n) is 5.00. The zero-order valence-corrected chi connectivity index (χ0v) is 17.4. The molecule has 1 aromatic heterocycles. The van der Waals surface area contributed by atoms with E-state index in [1.165, 1.54) is 10.4 Å². The number of carbonyl (C=O) groups is 1. The number of hydrogen-bond donors (Lipinski definition) is 0. The Morgan fingerprint density at radius 1 is 0.828 bits per heavy atom. The Morgan fingerprint density at radius 3 is 2.07 bits per heavy atom. The number of nitrogens with zero attached hydrogens (tertiary/aromatic N) is 1. The number of hydrogen-bond acceptors (Lipinski definition) is 3. The molecule has 29 heavy (non-hydrogen) atoms. The molecule has 0 atom stereocenters. The molecule has 0 aliphatic carbocycles. The summed E-state index contributed by atoms with van der Waals surface area (Å²) in [5.41, 5.74) is 3.50. The van der Waals surface area contributed by atoms with Gasteiger partial charge in [0.25, 0.3) is 0 Å². The molecule has 4 rings (SSSR count). The standard InChI is InChI=1S/C25H23NO2S/c1-3-26(4-2)25(27)28-21-17-11-16-20-22(18-12-7-5-8-13-18)23(29-24(20)21)19-14-9-6-10-15-19/h5-17H,3-4H2,1-2H3. The maximum Gasteiger partial charge on any atom is 0.415 e. The normalized spacial score (nSPS) is 10.8. The van der Waals surface area contributed by atoms with E-state index in [0.717, 1.165) is 21.2 Å². The number of thiophene rings is 1. The molecule has 0 aliphatic heterocycles. The van der Waals surface area contributed by atoms with Gasteiger partial charge in [-0.05, 0) is 31.0 Å². The fourth-order valence-electron chi connectivity index (χ4n) is 3.50. The first-order valence-corrected chi connectivity index (χ1v) is 10.7. The zero-order chi connectivity index (χ0) is 20.2. The summed E-state index contributed by atoms with van der Waals surface area (Å²) >= 11 is 1.67. The third-order valence-corrected chi connectivity index (χ3v) is 6.27. The topological polar surface area (TPSA) is 29.5 Å². The van der Waals surface area contributed by atoms with E-state index in [2.05, 4.69) is 54.6 Å². The van der Waals surface area contributed by atoms with Crippen LogP contribution in [0, 0.1) is 0 Å². The molecule has 0 saturated heterocycles. The predicted molar refractivity (Wildman–Crippen MR) is 122 cm³/mol. The first-order valence-electron chi connectivity index (χ1n) is 9.86. The van der Waals surface area contributed by atoms with Gasteiger partial charge in [-0.1, -0.05) is 72.8 Å². The molecule has 146 valence electrons. The summed E-state index contributed by atoms with van der Waals surface area (Å²) < 4.78 is 6.80. The van der Waals surface area contributed by atoms with Gasteiger partial charge < -0.3 is 9.64 Å². The highest BCUT2D eigenvalue weighted by atomic mass is 32.1. The molecular formula is C25H23NO2S. The van der Waals surface area contributed by atoms with Crippen LogP contribution in [0.4, 0.5) is 4.79 Å². The molecule has 0 fully saturated rings. The quantitative estimate of drug-likeness (QED) is 0.358. The molecule has 0 saturated carbocycles. The van der Waals surface area contributed by atoms with Gasteiger partial charge in [-0.25, -0.2) is 4.79 Å². The number of amides is 1. The van der Waals surface area contributed by atoms with Crippen molar-refractivity contribution in [2.45, 2.75) is 13.8 Å². The van der Waals surface area contributed by atoms with Crippen molar-refractivity contribution in [3.05, 3.63) is 78.9 Å². The van der Waals surface area contributed by atoms with Crippen LogP contribution in [0.1, 0.15) is 13.8 Å². The monoisotopic (exact) mass is 401 g/mol. The van der Waals surface area contributed by atoms with Crippen molar-refractivity contribution in [1.29, 1.82) is 0 Å². The maximum absolute atomic E-state index is 12.6. The molecule has 1 heterocycles. The molecule has 0 N–H and O–H groups in total. The van der Waals surface area contributed by atoms with E-state index in [4.69, 9.17) is 4.74 Å². The first kappa shape index (κ1) is 19.2. The van der Waals surface area contributed by atoms with Crippen LogP contribution in [0.15, 0.2) is 78.9 Å². The highest BCUT2D eigenvalue weighted by Gasteiger charge is 2.20. The number of benzene rings is 3. The lowest BCUT2D eigenvalue weighted by Gasteiger charge is -2.18. The second-order valence-corrected chi connectivity index (χ2v) is 7.73. The van der Waals surface area contributed by atoms with Crippen LogP contribution in [0.3, 0.4) is 0 Å². The van der Waals surface area contributed by atoms with Crippen molar-refractivity contribution in [2.24, 2.45) is 0 Å². The number of fused-ring (bicyclic) bond motifs is 1. The Bertz CT molecular complexity index is 1120. The summed E-state index contributed by atoms with van der Waals surface area (Å²) in [6.45, 7) is 5.16. The van der Waals surface area contributed by atoms with Gasteiger partial charge in [0.1, 0.15) is 0 Å². The van der Waals surface area contributed by atoms with Gasteiger partial charge in [-0.2, -0.15) is 0 Å². The first-order chi connectivity index (χ1) is 14.2. The van der Waals surface area contributed by atoms with Gasteiger partial charge in [0.15, 0.2) is 5.75 Å². The molecule has 0 unspecified atom stereocenters. The van der Waals surface area contributed by atoms with E-state index < -0.39 is 0 Å². The molecule has 1 amide bonds. The van der Waals surface area contributed by atoms with Crippen LogP contribution in [0.25, 0.3) is 31.7 Å². The number of ether oxygens (including phenoxy) is 1. The van der Waals surface area contributed by atoms with Gasteiger partial charge in [0.2, 0.25) is 0 Å². The Labute approximate surface area is 175 Å². The maximum atomic E-state index is 12.6. The SMILES string of the molecule is CCN(CC)C(=O)Oc1cccc2c(-c3ccccc3)c(-c3ccccc3)sc12. The Balaban J connectivity index is 1.90. The Hall–Kier alpha value is -3.11. The van der Waals surface area contributed by atoms with Crippen LogP contribution in [-0.2, 0) is 0 Å². The third kappa shape index (κ3) is 3.76. The Morgan fingerprint density at radius 2 is 1.45 bits per heavy atom. The second-order valence-electron chi connectivity index (χ2n) is 6.71. The highest BCUT2D eigenvalue weighted by Crippen LogP contribution is 2.47. The van der Waals surface area contributed by atoms with Gasteiger partial charge in [-0.15, -0.1) is 11.3 Å². The van der Waals surface area contributed by atoms with Crippen LogP contribution >= 0.6 is 11.3 Å². The van der Waals surface area contributed by atoms with Crippen molar-refractivity contribution in [1.82, 2.24) is 4.90 Å². The number of carbonyl (C=O) groups excluding carboxylic acids is 1. The van der Waals surface area contributed by atoms with Crippen molar-refractivity contribution in [3.8, 4) is 27.3 Å². The van der Waals surface area contributed by atoms with E-state index in [0.29, 0.717) is 18.8 Å². The van der Waals surface area contributed by atoms with Crippen LogP contribution in [0.5, 0.6) is 5.75 Å². The van der Waals surface area contributed by atoms with Crippen LogP contribution in [-0.4, -0.2) is 24.1 Å². The molecule has 0 spiro atoms. The smallest absolute Gasteiger partial charge is 0.409 e. The van der Waals surface area contributed by atoms with E-state index >= 15 is 0 Å². The summed E-state index contributed by atoms with van der Waals surface area (Å²) in [5.74, 6) is 0.615. The van der Waals surface area contributed by atoms with Gasteiger partial charge >= 0.3 is 6.09 Å². The molecule has 0 bridgehead atoms. The van der Waals surface area contributed by atoms with Gasteiger partial charge in [0, 0.05) is 28.9 Å². The fraction of sp³-hybridized carbons (Fsp3) is 0.160. The molecule has 0 aliphatic rings. The summed E-state index contributed by atoms with van der Waals surface area (Å²) in [6, 6.07) is 26.7. The van der Waals surface area contributed by atoms with E-state index in [-0.39, 0.29) is 6.09 Å². The molecule has 4 aromatic rings. The lowest BCUT2D eigenvalue weighted by molar-refractivity contribution is 0.158. The molecular weight excluding hydrogens is 378 g/mol. The molecule has 3 nitrogen and oxygen atoms in total. The van der Waals surface area contributed by atoms with Crippen molar-refractivity contribution < 1.29 is 9.53 Å². The molecule has 3 aromatic carbocycles. The average Bonchev–Trinajstić information content (AvgIpc) is 3.16. The minimum atomic E-state index is -0.307.